The van der Waals surface area contributed by atoms with E-state index in [-0.39, 0.29) is 41.2 Å². The number of hydrogen-bond donors (Lipinski definition) is 1. The van der Waals surface area contributed by atoms with Crippen LogP contribution in [0.4, 0.5) is 0 Å². The summed E-state index contributed by atoms with van der Waals surface area (Å²) < 4.78 is 12.7. The van der Waals surface area contributed by atoms with Crippen molar-refractivity contribution < 1.29 is 24.2 Å². The number of aliphatic carboxylic acids is 1. The topological polar surface area (TPSA) is 72.8 Å². The summed E-state index contributed by atoms with van der Waals surface area (Å²) >= 11 is 0. The molecule has 0 amide bonds. The lowest BCUT2D eigenvalue weighted by atomic mass is 9.31. The number of ether oxygens (including phenoxy) is 2. The van der Waals surface area contributed by atoms with Crippen LogP contribution in [0, 0.1) is 56.2 Å². The van der Waals surface area contributed by atoms with Crippen LogP contribution in [0.2, 0.25) is 0 Å². The quantitative estimate of drug-likeness (QED) is 0.369. The second-order valence-electron chi connectivity index (χ2n) is 17.0. The number of fused-ring (bicyclic) bond motifs is 5. The Labute approximate surface area is 236 Å². The van der Waals surface area contributed by atoms with Gasteiger partial charge in [-0.25, -0.2) is 0 Å². The lowest BCUT2D eigenvalue weighted by molar-refractivity contribution is -0.254. The second-order valence-corrected chi connectivity index (χ2v) is 17.0. The molecule has 5 nitrogen and oxygen atoms in total. The standard InChI is InChI=1S/C34H54O5/c1-29(2)16-18-34-19-17-32(6)21(27(34)28(29)38-20-34)8-9-23-31(5)14-13-24(39-26(37)11-10-25(35)36)30(3,4)22(31)12-15-33(23,32)7/h21-24,27-28H,8-20H2,1-7H3,(H,35,36)/t21?,22?,23?,24-,27?,28?,31-,32+,33+,34?/m0/s1. The fourth-order valence-corrected chi connectivity index (χ4v) is 12.6. The van der Waals surface area contributed by atoms with Crippen molar-refractivity contribution in [1.82, 2.24) is 0 Å². The van der Waals surface area contributed by atoms with Gasteiger partial charge in [0.25, 0.3) is 0 Å². The number of carboxylic acids is 1. The fraction of sp³-hybridized carbons (Fsp3) is 0.941. The summed E-state index contributed by atoms with van der Waals surface area (Å²) in [6, 6.07) is 0. The van der Waals surface area contributed by atoms with Crippen LogP contribution in [0.5, 0.6) is 0 Å². The van der Waals surface area contributed by atoms with Gasteiger partial charge in [0.1, 0.15) is 6.10 Å². The largest absolute Gasteiger partial charge is 0.481 e. The van der Waals surface area contributed by atoms with Gasteiger partial charge in [-0.3, -0.25) is 9.59 Å². The Bertz CT molecular complexity index is 1030. The van der Waals surface area contributed by atoms with Crippen LogP contribution in [0.1, 0.15) is 126 Å². The Hall–Kier alpha value is -1.10. The van der Waals surface area contributed by atoms with Crippen LogP contribution in [-0.4, -0.2) is 35.9 Å². The SMILES string of the molecule is CC1(C)CCC23CC[C@]4(C)C(CCC5[C@@]6(C)CC[C@H](OC(=O)CCC(=O)O)C(C)(C)C6CC[C@]54C)C2C1OC3. The molecule has 0 radical (unpaired) electrons. The van der Waals surface area contributed by atoms with Gasteiger partial charge in [-0.2, -0.15) is 0 Å². The summed E-state index contributed by atoms with van der Waals surface area (Å²) in [5.41, 5.74) is 1.52. The first kappa shape index (κ1) is 28.0. The molecule has 0 aromatic rings. The first-order chi connectivity index (χ1) is 18.1. The van der Waals surface area contributed by atoms with Gasteiger partial charge in [0.2, 0.25) is 0 Å². The molecule has 2 bridgehead atoms. The average Bonchev–Trinajstić information content (AvgIpc) is 3.19. The highest BCUT2D eigenvalue weighted by Crippen LogP contribution is 2.78. The normalized spacial score (nSPS) is 51.1. The van der Waals surface area contributed by atoms with E-state index in [1.807, 2.05) is 0 Å². The molecule has 5 aliphatic carbocycles. The number of carbonyl (C=O) groups excluding carboxylic acids is 1. The molecule has 10 atom stereocenters. The zero-order valence-corrected chi connectivity index (χ0v) is 25.7. The van der Waals surface area contributed by atoms with E-state index in [1.165, 1.54) is 51.4 Å². The van der Waals surface area contributed by atoms with Gasteiger partial charge in [-0.05, 0) is 115 Å². The van der Waals surface area contributed by atoms with Crippen molar-refractivity contribution in [3.05, 3.63) is 0 Å². The Balaban J connectivity index is 1.27. The average molecular weight is 543 g/mol. The summed E-state index contributed by atoms with van der Waals surface area (Å²) in [5.74, 6) is 1.40. The van der Waals surface area contributed by atoms with Crippen LogP contribution in [-0.2, 0) is 19.1 Å². The molecule has 0 spiro atoms. The molecule has 6 rings (SSSR count). The fourth-order valence-electron chi connectivity index (χ4n) is 12.6. The van der Waals surface area contributed by atoms with Gasteiger partial charge in [-0.15, -0.1) is 0 Å². The number of carbonyl (C=O) groups is 2. The lowest BCUT2D eigenvalue weighted by Gasteiger charge is -2.73. The zero-order chi connectivity index (χ0) is 28.2. The number of esters is 1. The summed E-state index contributed by atoms with van der Waals surface area (Å²) in [6.07, 6.45) is 12.6. The molecule has 220 valence electrons. The van der Waals surface area contributed by atoms with Crippen molar-refractivity contribution in [2.24, 2.45) is 56.2 Å². The van der Waals surface area contributed by atoms with Crippen molar-refractivity contribution >= 4 is 11.9 Å². The first-order valence-electron chi connectivity index (χ1n) is 16.1. The van der Waals surface area contributed by atoms with Crippen molar-refractivity contribution in [2.75, 3.05) is 6.61 Å². The van der Waals surface area contributed by atoms with E-state index >= 15 is 0 Å². The molecule has 5 saturated carbocycles. The molecule has 1 aliphatic heterocycles. The van der Waals surface area contributed by atoms with Gasteiger partial charge >= 0.3 is 11.9 Å². The molecule has 6 aliphatic rings. The van der Waals surface area contributed by atoms with Crippen molar-refractivity contribution in [1.29, 1.82) is 0 Å². The van der Waals surface area contributed by atoms with E-state index in [4.69, 9.17) is 14.6 Å². The maximum Gasteiger partial charge on any atom is 0.306 e. The van der Waals surface area contributed by atoms with Gasteiger partial charge in [0.05, 0.1) is 25.6 Å². The molecule has 1 heterocycles. The molecular formula is C34H54O5. The van der Waals surface area contributed by atoms with Gasteiger partial charge < -0.3 is 14.6 Å². The van der Waals surface area contributed by atoms with Crippen molar-refractivity contribution in [2.45, 2.75) is 138 Å². The first-order valence-corrected chi connectivity index (χ1v) is 16.1. The summed E-state index contributed by atoms with van der Waals surface area (Å²) in [5, 5.41) is 9.00. The highest BCUT2D eigenvalue weighted by atomic mass is 16.5. The molecule has 1 saturated heterocycles. The van der Waals surface area contributed by atoms with Crippen LogP contribution >= 0.6 is 0 Å². The van der Waals surface area contributed by atoms with E-state index in [9.17, 15) is 9.59 Å². The third-order valence-corrected chi connectivity index (χ3v) is 14.9. The molecule has 6 fully saturated rings. The predicted octanol–water partition coefficient (Wildman–Crippen LogP) is 7.65. The van der Waals surface area contributed by atoms with Crippen molar-refractivity contribution in [3.8, 4) is 0 Å². The van der Waals surface area contributed by atoms with Gasteiger partial charge in [0.15, 0.2) is 0 Å². The van der Waals surface area contributed by atoms with Crippen LogP contribution < -0.4 is 0 Å². The van der Waals surface area contributed by atoms with E-state index < -0.39 is 5.97 Å². The molecule has 39 heavy (non-hydrogen) atoms. The maximum absolute atomic E-state index is 12.5. The van der Waals surface area contributed by atoms with Gasteiger partial charge in [0, 0.05) is 5.41 Å². The Kier molecular flexibility index (Phi) is 6.26. The number of rotatable bonds is 4. The van der Waals surface area contributed by atoms with E-state index in [1.54, 1.807) is 0 Å². The third-order valence-electron chi connectivity index (χ3n) is 14.9. The molecule has 0 aromatic carbocycles. The minimum absolute atomic E-state index is 0.0333. The molecule has 0 aromatic heterocycles. The van der Waals surface area contributed by atoms with E-state index in [2.05, 4.69) is 48.5 Å². The number of hydrogen-bond acceptors (Lipinski definition) is 4. The third kappa shape index (κ3) is 3.72. The Morgan fingerprint density at radius 1 is 0.795 bits per heavy atom. The lowest BCUT2D eigenvalue weighted by Crippen LogP contribution is -2.67. The highest BCUT2D eigenvalue weighted by Gasteiger charge is 2.72. The van der Waals surface area contributed by atoms with E-state index in [0.29, 0.717) is 34.2 Å². The molecule has 6 unspecified atom stereocenters. The Morgan fingerprint density at radius 2 is 1.51 bits per heavy atom. The Morgan fingerprint density at radius 3 is 2.23 bits per heavy atom. The zero-order valence-electron chi connectivity index (χ0n) is 25.7. The number of carboxylic acid groups (broad SMARTS) is 1. The highest BCUT2D eigenvalue weighted by molar-refractivity contribution is 5.76. The molecule has 1 N–H and O–H groups in total. The van der Waals surface area contributed by atoms with E-state index in [0.717, 1.165) is 31.3 Å². The second kappa shape index (κ2) is 8.71. The minimum Gasteiger partial charge on any atom is -0.481 e. The smallest absolute Gasteiger partial charge is 0.306 e. The minimum atomic E-state index is -0.942. The molecular weight excluding hydrogens is 488 g/mol. The monoisotopic (exact) mass is 542 g/mol. The summed E-state index contributed by atoms with van der Waals surface area (Å²) in [7, 11) is 0. The summed E-state index contributed by atoms with van der Waals surface area (Å²) in [6.45, 7) is 18.6. The predicted molar refractivity (Wildman–Crippen MR) is 151 cm³/mol. The van der Waals surface area contributed by atoms with Crippen LogP contribution in [0.3, 0.4) is 0 Å². The van der Waals surface area contributed by atoms with Gasteiger partial charge in [-0.1, -0.05) is 48.5 Å². The summed E-state index contributed by atoms with van der Waals surface area (Å²) in [4.78, 5) is 23.5. The van der Waals surface area contributed by atoms with Crippen LogP contribution in [0.15, 0.2) is 0 Å². The molecule has 5 heteroatoms. The maximum atomic E-state index is 12.5. The van der Waals surface area contributed by atoms with Crippen molar-refractivity contribution in [3.63, 3.8) is 0 Å². The van der Waals surface area contributed by atoms with Crippen LogP contribution in [0.25, 0.3) is 0 Å².